The zero-order valence-electron chi connectivity index (χ0n) is 11.3. The van der Waals surface area contributed by atoms with E-state index in [1.807, 2.05) is 18.2 Å². The van der Waals surface area contributed by atoms with Crippen molar-refractivity contribution in [1.29, 1.82) is 5.26 Å². The van der Waals surface area contributed by atoms with Gasteiger partial charge in [0, 0.05) is 38.8 Å². The maximum absolute atomic E-state index is 9.09. The van der Waals surface area contributed by atoms with Crippen LogP contribution in [-0.4, -0.2) is 42.0 Å². The molecule has 0 atom stereocenters. The predicted octanol–water partition coefficient (Wildman–Crippen LogP) is 2.08. The first-order valence-electron chi connectivity index (χ1n) is 6.65. The van der Waals surface area contributed by atoms with Crippen molar-refractivity contribution < 1.29 is 0 Å². The molecular formula is C15H21N3. The molecule has 3 heteroatoms. The van der Waals surface area contributed by atoms with Gasteiger partial charge in [0.2, 0.25) is 0 Å². The summed E-state index contributed by atoms with van der Waals surface area (Å²) in [6, 6.07) is 10.8. The van der Waals surface area contributed by atoms with Crippen LogP contribution in [0.15, 0.2) is 24.3 Å². The third-order valence-electron chi connectivity index (χ3n) is 3.67. The molecule has 1 saturated heterocycles. The third-order valence-corrected chi connectivity index (χ3v) is 3.67. The Morgan fingerprint density at radius 2 is 1.83 bits per heavy atom. The molecule has 0 bridgehead atoms. The molecule has 1 aromatic carbocycles. The van der Waals surface area contributed by atoms with E-state index in [9.17, 15) is 0 Å². The second kappa shape index (κ2) is 5.99. The van der Waals surface area contributed by atoms with Crippen LogP contribution in [0.2, 0.25) is 0 Å². The molecule has 0 aromatic heterocycles. The van der Waals surface area contributed by atoms with Crippen LogP contribution in [0.5, 0.6) is 0 Å². The van der Waals surface area contributed by atoms with Crippen LogP contribution in [0, 0.1) is 11.3 Å². The van der Waals surface area contributed by atoms with Crippen LogP contribution >= 0.6 is 0 Å². The molecule has 0 aliphatic carbocycles. The Hall–Kier alpha value is -1.37. The van der Waals surface area contributed by atoms with Crippen molar-refractivity contribution in [2.45, 2.75) is 26.4 Å². The van der Waals surface area contributed by atoms with Gasteiger partial charge in [-0.05, 0) is 25.5 Å². The molecule has 1 fully saturated rings. The fourth-order valence-electron chi connectivity index (χ4n) is 2.45. The second-order valence-electron chi connectivity index (χ2n) is 5.17. The third kappa shape index (κ3) is 3.10. The molecular weight excluding hydrogens is 222 g/mol. The summed E-state index contributed by atoms with van der Waals surface area (Å²) in [6.45, 7) is 9.85. The fourth-order valence-corrected chi connectivity index (χ4v) is 2.45. The second-order valence-corrected chi connectivity index (χ2v) is 5.17. The number of hydrogen-bond donors (Lipinski definition) is 0. The molecule has 0 radical (unpaired) electrons. The molecule has 0 unspecified atom stereocenters. The van der Waals surface area contributed by atoms with Gasteiger partial charge in [-0.25, -0.2) is 0 Å². The van der Waals surface area contributed by atoms with E-state index in [1.54, 1.807) is 0 Å². The lowest BCUT2D eigenvalue weighted by atomic mass is 10.1. The van der Waals surface area contributed by atoms with Crippen LogP contribution in [0.4, 0.5) is 0 Å². The summed E-state index contributed by atoms with van der Waals surface area (Å²) in [5, 5.41) is 9.09. The van der Waals surface area contributed by atoms with Crippen LogP contribution in [0.1, 0.15) is 25.0 Å². The van der Waals surface area contributed by atoms with Crippen molar-refractivity contribution in [3.8, 4) is 6.07 Å². The van der Waals surface area contributed by atoms with Crippen molar-refractivity contribution in [2.24, 2.45) is 0 Å². The number of hydrogen-bond acceptors (Lipinski definition) is 3. The Morgan fingerprint density at radius 3 is 2.44 bits per heavy atom. The Balaban J connectivity index is 1.94. The molecule has 1 aliphatic rings. The van der Waals surface area contributed by atoms with Gasteiger partial charge in [0.25, 0.3) is 0 Å². The number of nitriles is 1. The van der Waals surface area contributed by atoms with Crippen molar-refractivity contribution in [3.63, 3.8) is 0 Å². The van der Waals surface area contributed by atoms with Gasteiger partial charge in [-0.2, -0.15) is 5.26 Å². The Labute approximate surface area is 110 Å². The molecule has 2 rings (SSSR count). The molecule has 0 spiro atoms. The molecule has 1 heterocycles. The molecule has 1 aliphatic heterocycles. The fraction of sp³-hybridized carbons (Fsp3) is 0.533. The number of benzene rings is 1. The predicted molar refractivity (Wildman–Crippen MR) is 73.1 cm³/mol. The highest BCUT2D eigenvalue weighted by molar-refractivity contribution is 5.37. The lowest BCUT2D eigenvalue weighted by Gasteiger charge is -2.37. The van der Waals surface area contributed by atoms with E-state index in [0.717, 1.165) is 43.9 Å². The maximum atomic E-state index is 9.09. The highest BCUT2D eigenvalue weighted by Gasteiger charge is 2.19. The highest BCUT2D eigenvalue weighted by Crippen LogP contribution is 2.13. The van der Waals surface area contributed by atoms with Gasteiger partial charge in [0.15, 0.2) is 0 Å². The summed E-state index contributed by atoms with van der Waals surface area (Å²) in [5.74, 6) is 0. The van der Waals surface area contributed by atoms with E-state index in [0.29, 0.717) is 6.04 Å². The Morgan fingerprint density at radius 1 is 1.17 bits per heavy atom. The summed E-state index contributed by atoms with van der Waals surface area (Å²) in [5.41, 5.74) is 1.96. The van der Waals surface area contributed by atoms with Gasteiger partial charge in [0.05, 0.1) is 11.6 Å². The van der Waals surface area contributed by atoms with E-state index in [1.165, 1.54) is 0 Å². The molecule has 1 aromatic rings. The van der Waals surface area contributed by atoms with Gasteiger partial charge in [-0.15, -0.1) is 0 Å². The molecule has 96 valence electrons. The Bertz CT molecular complexity index is 426. The zero-order valence-corrected chi connectivity index (χ0v) is 11.3. The van der Waals surface area contributed by atoms with Crippen LogP contribution in [0.25, 0.3) is 0 Å². The highest BCUT2D eigenvalue weighted by atomic mass is 15.3. The van der Waals surface area contributed by atoms with Gasteiger partial charge >= 0.3 is 0 Å². The first kappa shape index (κ1) is 13.1. The summed E-state index contributed by atoms with van der Waals surface area (Å²) in [4.78, 5) is 4.95. The standard InChI is InChI=1S/C15H21N3/c1-13(2)18-9-7-17(8-10-18)12-15-6-4-3-5-14(15)11-16/h3-6,13H,7-10,12H2,1-2H3. The number of nitrogens with zero attached hydrogens (tertiary/aromatic N) is 3. The van der Waals surface area contributed by atoms with Crippen molar-refractivity contribution in [2.75, 3.05) is 26.2 Å². The van der Waals surface area contributed by atoms with E-state index in [-0.39, 0.29) is 0 Å². The normalized spacial score (nSPS) is 17.9. The SMILES string of the molecule is CC(C)N1CCN(Cc2ccccc2C#N)CC1. The lowest BCUT2D eigenvalue weighted by molar-refractivity contribution is 0.104. The molecule has 18 heavy (non-hydrogen) atoms. The lowest BCUT2D eigenvalue weighted by Crippen LogP contribution is -2.48. The van der Waals surface area contributed by atoms with E-state index in [4.69, 9.17) is 5.26 Å². The summed E-state index contributed by atoms with van der Waals surface area (Å²) < 4.78 is 0. The first-order valence-corrected chi connectivity index (χ1v) is 6.65. The molecule has 0 amide bonds. The van der Waals surface area contributed by atoms with Crippen molar-refractivity contribution in [3.05, 3.63) is 35.4 Å². The summed E-state index contributed by atoms with van der Waals surface area (Å²) in [7, 11) is 0. The van der Waals surface area contributed by atoms with E-state index in [2.05, 4.69) is 35.8 Å². The zero-order chi connectivity index (χ0) is 13.0. The average molecular weight is 243 g/mol. The van der Waals surface area contributed by atoms with Gasteiger partial charge in [-0.1, -0.05) is 18.2 Å². The minimum atomic E-state index is 0.638. The van der Waals surface area contributed by atoms with Crippen LogP contribution in [-0.2, 0) is 6.54 Å². The van der Waals surface area contributed by atoms with Gasteiger partial charge in [-0.3, -0.25) is 9.80 Å². The number of piperazine rings is 1. The minimum Gasteiger partial charge on any atom is -0.298 e. The van der Waals surface area contributed by atoms with Crippen molar-refractivity contribution >= 4 is 0 Å². The minimum absolute atomic E-state index is 0.638. The monoisotopic (exact) mass is 243 g/mol. The maximum Gasteiger partial charge on any atom is 0.0995 e. The number of rotatable bonds is 3. The molecule has 0 N–H and O–H groups in total. The molecule has 3 nitrogen and oxygen atoms in total. The topological polar surface area (TPSA) is 30.3 Å². The first-order chi connectivity index (χ1) is 8.70. The largest absolute Gasteiger partial charge is 0.298 e. The summed E-state index contributed by atoms with van der Waals surface area (Å²) in [6.07, 6.45) is 0. The van der Waals surface area contributed by atoms with Crippen LogP contribution in [0.3, 0.4) is 0 Å². The molecule has 0 saturated carbocycles. The van der Waals surface area contributed by atoms with Crippen molar-refractivity contribution in [1.82, 2.24) is 9.80 Å². The Kier molecular flexibility index (Phi) is 4.35. The van der Waals surface area contributed by atoms with Crippen LogP contribution < -0.4 is 0 Å². The summed E-state index contributed by atoms with van der Waals surface area (Å²) >= 11 is 0. The van der Waals surface area contributed by atoms with Gasteiger partial charge in [0.1, 0.15) is 0 Å². The quantitative estimate of drug-likeness (QED) is 0.814. The van der Waals surface area contributed by atoms with Gasteiger partial charge < -0.3 is 0 Å². The average Bonchev–Trinajstić information content (AvgIpc) is 2.40. The van der Waals surface area contributed by atoms with E-state index >= 15 is 0 Å². The van der Waals surface area contributed by atoms with E-state index < -0.39 is 0 Å². The smallest absolute Gasteiger partial charge is 0.0995 e.